The van der Waals surface area contributed by atoms with Crippen LogP contribution in [0.15, 0.2) is 11.2 Å². The summed E-state index contributed by atoms with van der Waals surface area (Å²) in [5, 5.41) is 7.83. The van der Waals surface area contributed by atoms with Crippen molar-refractivity contribution in [3.05, 3.63) is 16.1 Å². The highest BCUT2D eigenvalue weighted by Gasteiger charge is 2.42. The van der Waals surface area contributed by atoms with Crippen LogP contribution in [0, 0.1) is 5.41 Å². The number of nitrogens with one attached hydrogen (secondary N) is 2. The lowest BCUT2D eigenvalue weighted by atomic mass is 9.85. The summed E-state index contributed by atoms with van der Waals surface area (Å²) in [4.78, 5) is 24.9. The van der Waals surface area contributed by atoms with Crippen molar-refractivity contribution in [1.29, 1.82) is 0 Å². The normalized spacial score (nSPS) is 15.9. The van der Waals surface area contributed by atoms with Crippen molar-refractivity contribution < 1.29 is 4.79 Å². The maximum atomic E-state index is 12.7. The molecule has 0 unspecified atom stereocenters. The molecule has 1 amide bonds. The second-order valence-electron chi connectivity index (χ2n) is 7.13. The summed E-state index contributed by atoms with van der Waals surface area (Å²) in [5.74, 6) is 1.00. The van der Waals surface area contributed by atoms with Gasteiger partial charge in [0.1, 0.15) is 0 Å². The molecular formula is C19H34IN5OS. The van der Waals surface area contributed by atoms with E-state index in [1.165, 1.54) is 4.88 Å². The van der Waals surface area contributed by atoms with Gasteiger partial charge in [-0.15, -0.1) is 35.3 Å². The lowest BCUT2D eigenvalue weighted by molar-refractivity contribution is -0.138. The number of thiazole rings is 1. The summed E-state index contributed by atoms with van der Waals surface area (Å²) >= 11 is 1.78. The van der Waals surface area contributed by atoms with Crippen molar-refractivity contribution in [3.8, 4) is 0 Å². The van der Waals surface area contributed by atoms with Crippen molar-refractivity contribution >= 4 is 47.2 Å². The van der Waals surface area contributed by atoms with Crippen LogP contribution in [0.2, 0.25) is 0 Å². The first kappa shape index (κ1) is 24.1. The lowest BCUT2D eigenvalue weighted by Crippen LogP contribution is -2.43. The van der Waals surface area contributed by atoms with Crippen LogP contribution in [-0.2, 0) is 17.6 Å². The highest BCUT2D eigenvalue weighted by Crippen LogP contribution is 2.39. The van der Waals surface area contributed by atoms with Crippen LogP contribution in [0.1, 0.15) is 49.4 Å². The molecule has 0 atom stereocenters. The molecule has 1 heterocycles. The molecule has 1 fully saturated rings. The third-order valence-corrected chi connectivity index (χ3v) is 6.09. The van der Waals surface area contributed by atoms with Gasteiger partial charge in [0.25, 0.3) is 0 Å². The summed E-state index contributed by atoms with van der Waals surface area (Å²) in [7, 11) is 3.68. The molecule has 8 heteroatoms. The number of aromatic nitrogens is 1. The van der Waals surface area contributed by atoms with E-state index in [4.69, 9.17) is 4.99 Å². The van der Waals surface area contributed by atoms with Crippen LogP contribution < -0.4 is 10.6 Å². The molecule has 2 N–H and O–H groups in total. The van der Waals surface area contributed by atoms with Crippen molar-refractivity contribution in [1.82, 2.24) is 20.5 Å². The van der Waals surface area contributed by atoms with E-state index < -0.39 is 0 Å². The molecule has 1 aromatic heterocycles. The Kier molecular flexibility index (Phi) is 10.6. The maximum absolute atomic E-state index is 12.7. The van der Waals surface area contributed by atoms with Gasteiger partial charge in [0, 0.05) is 44.7 Å². The minimum Gasteiger partial charge on any atom is -0.357 e. The fraction of sp³-hybridized carbons (Fsp3) is 0.737. The number of nitrogens with zero attached hydrogens (tertiary/aromatic N) is 3. The highest BCUT2D eigenvalue weighted by atomic mass is 127. The van der Waals surface area contributed by atoms with E-state index in [1.807, 2.05) is 20.3 Å². The number of amides is 1. The second kappa shape index (κ2) is 11.8. The number of hydrogen-bond acceptors (Lipinski definition) is 4. The van der Waals surface area contributed by atoms with Gasteiger partial charge in [-0.25, -0.2) is 4.98 Å². The molecule has 2 rings (SSSR count). The summed E-state index contributed by atoms with van der Waals surface area (Å²) in [6.45, 7) is 6.35. The molecule has 0 aromatic carbocycles. The van der Waals surface area contributed by atoms with E-state index in [2.05, 4.69) is 29.5 Å². The molecule has 0 spiro atoms. The van der Waals surface area contributed by atoms with Gasteiger partial charge in [0.15, 0.2) is 5.96 Å². The molecule has 0 radical (unpaired) electrons. The Balaban J connectivity index is 0.00000364. The van der Waals surface area contributed by atoms with Crippen molar-refractivity contribution in [2.75, 3.05) is 33.7 Å². The number of hydrogen-bond donors (Lipinski definition) is 2. The predicted octanol–water partition coefficient (Wildman–Crippen LogP) is 3.07. The van der Waals surface area contributed by atoms with E-state index in [-0.39, 0.29) is 35.3 Å². The second-order valence-corrected chi connectivity index (χ2v) is 8.33. The van der Waals surface area contributed by atoms with Crippen LogP contribution in [0.3, 0.4) is 0 Å². The molecule has 1 saturated carbocycles. The van der Waals surface area contributed by atoms with Gasteiger partial charge in [-0.3, -0.25) is 9.79 Å². The van der Waals surface area contributed by atoms with Crippen molar-refractivity contribution in [3.63, 3.8) is 0 Å². The van der Waals surface area contributed by atoms with Crippen LogP contribution in [0.4, 0.5) is 0 Å². The smallest absolute Gasteiger partial charge is 0.230 e. The van der Waals surface area contributed by atoms with Gasteiger partial charge < -0.3 is 15.5 Å². The van der Waals surface area contributed by atoms with Gasteiger partial charge in [-0.1, -0.05) is 19.8 Å². The van der Waals surface area contributed by atoms with Crippen LogP contribution in [0.5, 0.6) is 0 Å². The zero-order valence-corrected chi connectivity index (χ0v) is 20.2. The number of rotatable bonds is 8. The van der Waals surface area contributed by atoms with Crippen LogP contribution in [-0.4, -0.2) is 55.5 Å². The third kappa shape index (κ3) is 6.89. The first-order chi connectivity index (χ1) is 12.5. The summed E-state index contributed by atoms with van der Waals surface area (Å²) in [6, 6.07) is 0. The Labute approximate surface area is 184 Å². The monoisotopic (exact) mass is 507 g/mol. The minimum absolute atomic E-state index is 0. The van der Waals surface area contributed by atoms with E-state index in [0.717, 1.165) is 62.6 Å². The van der Waals surface area contributed by atoms with E-state index in [0.29, 0.717) is 6.54 Å². The van der Waals surface area contributed by atoms with Crippen LogP contribution >= 0.6 is 35.3 Å². The number of carbonyl (C=O) groups excluding carboxylic acids is 1. The average Bonchev–Trinajstić information content (AvgIpc) is 3.29. The first-order valence-electron chi connectivity index (χ1n) is 9.68. The van der Waals surface area contributed by atoms with Gasteiger partial charge in [-0.2, -0.15) is 0 Å². The Bertz CT molecular complexity index is 611. The lowest BCUT2D eigenvalue weighted by Gasteiger charge is -2.29. The zero-order valence-electron chi connectivity index (χ0n) is 17.0. The fourth-order valence-corrected chi connectivity index (χ4v) is 4.31. The zero-order chi connectivity index (χ0) is 19.0. The SMILES string of the molecule is CCNC(=NCC1(C(=O)N(C)C)CCCC1)NCCc1ncc(CC)s1.I. The fourth-order valence-electron chi connectivity index (χ4n) is 3.45. The van der Waals surface area contributed by atoms with E-state index in [1.54, 1.807) is 16.2 Å². The quantitative estimate of drug-likeness (QED) is 0.323. The molecule has 1 aliphatic rings. The topological polar surface area (TPSA) is 69.6 Å². The molecule has 0 bridgehead atoms. The van der Waals surface area contributed by atoms with Gasteiger partial charge in [0.2, 0.25) is 5.91 Å². The minimum atomic E-state index is -0.322. The van der Waals surface area contributed by atoms with Crippen molar-refractivity contribution in [2.45, 2.75) is 52.4 Å². The van der Waals surface area contributed by atoms with Gasteiger partial charge >= 0.3 is 0 Å². The van der Waals surface area contributed by atoms with Gasteiger partial charge in [-0.05, 0) is 26.2 Å². The molecule has 1 aliphatic carbocycles. The molecule has 154 valence electrons. The molecule has 27 heavy (non-hydrogen) atoms. The number of carbonyl (C=O) groups is 1. The maximum Gasteiger partial charge on any atom is 0.230 e. The highest BCUT2D eigenvalue weighted by molar-refractivity contribution is 14.0. The first-order valence-corrected chi connectivity index (χ1v) is 10.5. The molecular weight excluding hydrogens is 473 g/mol. The average molecular weight is 507 g/mol. The Morgan fingerprint density at radius 2 is 2.00 bits per heavy atom. The molecule has 6 nitrogen and oxygen atoms in total. The van der Waals surface area contributed by atoms with Crippen molar-refractivity contribution in [2.24, 2.45) is 10.4 Å². The largest absolute Gasteiger partial charge is 0.357 e. The Morgan fingerprint density at radius 3 is 2.56 bits per heavy atom. The molecule has 0 saturated heterocycles. The number of guanidine groups is 1. The number of aliphatic imine (C=N–C) groups is 1. The standard InChI is InChI=1S/C19H33N5OS.HI/c1-5-15-13-22-16(26-15)9-12-21-18(20-6-2)23-14-19(10-7-8-11-19)17(25)24(3)4;/h13H,5-12,14H2,1-4H3,(H2,20,21,23);1H. The van der Waals surface area contributed by atoms with Gasteiger partial charge in [0.05, 0.1) is 17.0 Å². The third-order valence-electron chi connectivity index (χ3n) is 4.89. The Morgan fingerprint density at radius 1 is 1.30 bits per heavy atom. The van der Waals surface area contributed by atoms with Crippen LogP contribution in [0.25, 0.3) is 0 Å². The molecule has 1 aromatic rings. The van der Waals surface area contributed by atoms with E-state index >= 15 is 0 Å². The number of halogens is 1. The van der Waals surface area contributed by atoms with E-state index in [9.17, 15) is 4.79 Å². The summed E-state index contributed by atoms with van der Waals surface area (Å²) in [6.07, 6.45) is 7.99. The molecule has 0 aliphatic heterocycles. The number of aryl methyl sites for hydroxylation is 1. The Hall–Kier alpha value is -0.900. The summed E-state index contributed by atoms with van der Waals surface area (Å²) in [5.41, 5.74) is -0.322. The summed E-state index contributed by atoms with van der Waals surface area (Å²) < 4.78 is 0. The predicted molar refractivity (Wildman–Crippen MR) is 124 cm³/mol.